The number of aromatic nitrogens is 2. The molecule has 21 heavy (non-hydrogen) atoms. The van der Waals surface area contributed by atoms with E-state index in [1.165, 1.54) is 13.2 Å². The van der Waals surface area contributed by atoms with Crippen LogP contribution in [0.15, 0.2) is 24.3 Å². The van der Waals surface area contributed by atoms with Crippen molar-refractivity contribution in [3.63, 3.8) is 0 Å². The van der Waals surface area contributed by atoms with Crippen LogP contribution < -0.4 is 16.0 Å². The van der Waals surface area contributed by atoms with Crippen LogP contribution >= 0.6 is 0 Å². The largest absolute Gasteiger partial charge is 0.494 e. The van der Waals surface area contributed by atoms with Crippen LogP contribution in [-0.2, 0) is 6.42 Å². The molecule has 0 bridgehead atoms. The summed E-state index contributed by atoms with van der Waals surface area (Å²) in [4.78, 5) is 8.75. The average molecular weight is 290 g/mol. The molecule has 0 spiro atoms. The summed E-state index contributed by atoms with van der Waals surface area (Å²) in [5.74, 6) is 6.57. The molecule has 0 saturated carbocycles. The lowest BCUT2D eigenvalue weighted by Crippen LogP contribution is -2.11. The van der Waals surface area contributed by atoms with Gasteiger partial charge in [-0.05, 0) is 30.5 Å². The van der Waals surface area contributed by atoms with Gasteiger partial charge in [-0.1, -0.05) is 13.8 Å². The first kappa shape index (κ1) is 15.2. The predicted octanol–water partition coefficient (Wildman–Crippen LogP) is 2.78. The number of benzene rings is 1. The number of ether oxygens (including phenoxy) is 1. The van der Waals surface area contributed by atoms with E-state index in [1.807, 2.05) is 0 Å². The first-order valence-corrected chi connectivity index (χ1v) is 6.72. The molecular formula is C15H19FN4O. The van der Waals surface area contributed by atoms with Crippen molar-refractivity contribution in [3.05, 3.63) is 35.8 Å². The molecule has 2 aromatic rings. The molecule has 112 valence electrons. The minimum atomic E-state index is -0.449. The number of nitrogens with two attached hydrogens (primary N) is 1. The standard InChI is InChI=1S/C15H19FN4O/c1-9(2)6-11-8-14(20-17)19-15(18-11)10-4-5-13(21-3)12(16)7-10/h4-5,7-9H,6,17H2,1-3H3,(H,18,19,20). The smallest absolute Gasteiger partial charge is 0.165 e. The third-order valence-electron chi connectivity index (χ3n) is 2.95. The zero-order chi connectivity index (χ0) is 15.4. The number of nitrogens with zero attached hydrogens (tertiary/aromatic N) is 2. The fourth-order valence-corrected chi connectivity index (χ4v) is 2.03. The molecule has 0 amide bonds. The molecule has 0 radical (unpaired) electrons. The van der Waals surface area contributed by atoms with Gasteiger partial charge >= 0.3 is 0 Å². The van der Waals surface area contributed by atoms with E-state index in [4.69, 9.17) is 10.6 Å². The van der Waals surface area contributed by atoms with Crippen molar-refractivity contribution in [1.29, 1.82) is 0 Å². The van der Waals surface area contributed by atoms with Crippen molar-refractivity contribution in [1.82, 2.24) is 9.97 Å². The predicted molar refractivity (Wildman–Crippen MR) is 80.3 cm³/mol. The highest BCUT2D eigenvalue weighted by molar-refractivity contribution is 5.59. The molecule has 0 aliphatic heterocycles. The highest BCUT2D eigenvalue weighted by Crippen LogP contribution is 2.24. The number of nitrogens with one attached hydrogen (secondary N) is 1. The molecule has 1 aromatic carbocycles. The van der Waals surface area contributed by atoms with Crippen LogP contribution in [-0.4, -0.2) is 17.1 Å². The van der Waals surface area contributed by atoms with Gasteiger partial charge in [0.05, 0.1) is 7.11 Å². The van der Waals surface area contributed by atoms with Gasteiger partial charge in [-0.3, -0.25) is 0 Å². The number of hydrazine groups is 1. The maximum atomic E-state index is 13.8. The SMILES string of the molecule is COc1ccc(-c2nc(CC(C)C)cc(NN)n2)cc1F. The van der Waals surface area contributed by atoms with Crippen LogP contribution in [0.25, 0.3) is 11.4 Å². The number of methoxy groups -OCH3 is 1. The number of anilines is 1. The summed E-state index contributed by atoms with van der Waals surface area (Å²) in [6.07, 6.45) is 0.794. The van der Waals surface area contributed by atoms with E-state index < -0.39 is 5.82 Å². The summed E-state index contributed by atoms with van der Waals surface area (Å²) < 4.78 is 18.7. The highest BCUT2D eigenvalue weighted by atomic mass is 19.1. The summed E-state index contributed by atoms with van der Waals surface area (Å²) in [6, 6.07) is 6.42. The second-order valence-electron chi connectivity index (χ2n) is 5.16. The van der Waals surface area contributed by atoms with Crippen molar-refractivity contribution in [2.24, 2.45) is 11.8 Å². The van der Waals surface area contributed by atoms with Gasteiger partial charge in [-0.15, -0.1) is 0 Å². The second-order valence-corrected chi connectivity index (χ2v) is 5.16. The van der Waals surface area contributed by atoms with Gasteiger partial charge in [-0.2, -0.15) is 0 Å². The summed E-state index contributed by atoms with van der Waals surface area (Å²) in [5, 5.41) is 0. The first-order chi connectivity index (χ1) is 10.0. The van der Waals surface area contributed by atoms with E-state index in [1.54, 1.807) is 18.2 Å². The van der Waals surface area contributed by atoms with Gasteiger partial charge < -0.3 is 10.2 Å². The van der Waals surface area contributed by atoms with Gasteiger partial charge in [0.1, 0.15) is 5.82 Å². The van der Waals surface area contributed by atoms with Crippen LogP contribution in [0.4, 0.5) is 10.2 Å². The summed E-state index contributed by atoms with van der Waals surface area (Å²) in [7, 11) is 1.42. The molecule has 1 aromatic heterocycles. The minimum Gasteiger partial charge on any atom is -0.494 e. The molecule has 0 atom stereocenters. The molecule has 6 heteroatoms. The zero-order valence-electron chi connectivity index (χ0n) is 12.4. The van der Waals surface area contributed by atoms with Gasteiger partial charge in [0.2, 0.25) is 0 Å². The maximum Gasteiger partial charge on any atom is 0.165 e. The average Bonchev–Trinajstić information content (AvgIpc) is 2.46. The first-order valence-electron chi connectivity index (χ1n) is 6.72. The fourth-order valence-electron chi connectivity index (χ4n) is 2.03. The lowest BCUT2D eigenvalue weighted by Gasteiger charge is -2.10. The van der Waals surface area contributed by atoms with Crippen LogP contribution in [0.3, 0.4) is 0 Å². The van der Waals surface area contributed by atoms with Crippen molar-refractivity contribution >= 4 is 5.82 Å². The molecule has 0 fully saturated rings. The number of hydrogen-bond acceptors (Lipinski definition) is 5. The molecule has 2 rings (SSSR count). The van der Waals surface area contributed by atoms with Crippen LogP contribution in [0.2, 0.25) is 0 Å². The Bertz CT molecular complexity index is 631. The topological polar surface area (TPSA) is 73.1 Å². The van der Waals surface area contributed by atoms with E-state index in [0.717, 1.165) is 12.1 Å². The molecule has 5 nitrogen and oxygen atoms in total. The molecule has 3 N–H and O–H groups in total. The zero-order valence-corrected chi connectivity index (χ0v) is 12.4. The molecule has 0 saturated heterocycles. The quantitative estimate of drug-likeness (QED) is 0.654. The Morgan fingerprint density at radius 1 is 1.29 bits per heavy atom. The summed E-state index contributed by atoms with van der Waals surface area (Å²) >= 11 is 0. The third-order valence-corrected chi connectivity index (χ3v) is 2.95. The molecular weight excluding hydrogens is 271 g/mol. The lowest BCUT2D eigenvalue weighted by molar-refractivity contribution is 0.386. The summed E-state index contributed by atoms with van der Waals surface area (Å²) in [5.41, 5.74) is 3.96. The fraction of sp³-hybridized carbons (Fsp3) is 0.333. The van der Waals surface area contributed by atoms with Crippen LogP contribution in [0, 0.1) is 11.7 Å². The van der Waals surface area contributed by atoms with E-state index in [0.29, 0.717) is 23.1 Å². The number of nitrogen functional groups attached to an aromatic ring is 1. The van der Waals surface area contributed by atoms with Crippen molar-refractivity contribution in [2.45, 2.75) is 20.3 Å². The molecule has 0 aliphatic carbocycles. The summed E-state index contributed by atoms with van der Waals surface area (Å²) in [6.45, 7) is 4.20. The Labute approximate surface area is 123 Å². The Hall–Kier alpha value is -2.21. The normalized spacial score (nSPS) is 10.8. The van der Waals surface area contributed by atoms with Gasteiger partial charge in [0.15, 0.2) is 17.4 Å². The van der Waals surface area contributed by atoms with Crippen molar-refractivity contribution in [2.75, 3.05) is 12.5 Å². The van der Waals surface area contributed by atoms with Crippen molar-refractivity contribution < 1.29 is 9.13 Å². The van der Waals surface area contributed by atoms with Crippen molar-refractivity contribution in [3.8, 4) is 17.1 Å². The van der Waals surface area contributed by atoms with Gasteiger partial charge in [0.25, 0.3) is 0 Å². The highest BCUT2D eigenvalue weighted by Gasteiger charge is 2.11. The van der Waals surface area contributed by atoms with E-state index in [2.05, 4.69) is 29.2 Å². The van der Waals surface area contributed by atoms with Crippen LogP contribution in [0.1, 0.15) is 19.5 Å². The lowest BCUT2D eigenvalue weighted by atomic mass is 10.1. The third kappa shape index (κ3) is 3.66. The van der Waals surface area contributed by atoms with E-state index >= 15 is 0 Å². The number of hydrogen-bond donors (Lipinski definition) is 2. The monoisotopic (exact) mass is 290 g/mol. The Morgan fingerprint density at radius 2 is 2.05 bits per heavy atom. The van der Waals surface area contributed by atoms with Gasteiger partial charge in [0, 0.05) is 17.3 Å². The molecule has 1 heterocycles. The maximum absolute atomic E-state index is 13.8. The molecule has 0 unspecified atom stereocenters. The Balaban J connectivity index is 2.44. The number of halogens is 1. The van der Waals surface area contributed by atoms with Gasteiger partial charge in [-0.25, -0.2) is 20.2 Å². The molecule has 0 aliphatic rings. The Kier molecular flexibility index (Phi) is 4.70. The van der Waals surface area contributed by atoms with E-state index in [9.17, 15) is 4.39 Å². The minimum absolute atomic E-state index is 0.189. The second kappa shape index (κ2) is 6.49. The van der Waals surface area contributed by atoms with E-state index in [-0.39, 0.29) is 5.75 Å². The van der Waals surface area contributed by atoms with Crippen LogP contribution in [0.5, 0.6) is 5.75 Å². The number of rotatable bonds is 5. The Morgan fingerprint density at radius 3 is 2.62 bits per heavy atom.